The van der Waals surface area contributed by atoms with E-state index in [1.165, 1.54) is 0 Å². The lowest BCUT2D eigenvalue weighted by Gasteiger charge is -2.09. The Hall–Kier alpha value is -3.61. The van der Waals surface area contributed by atoms with Gasteiger partial charge in [0.1, 0.15) is 17.2 Å². The molecule has 0 atom stereocenters. The summed E-state index contributed by atoms with van der Waals surface area (Å²) in [5.74, 6) is 1.52. The van der Waals surface area contributed by atoms with Crippen molar-refractivity contribution in [3.8, 4) is 11.5 Å². The summed E-state index contributed by atoms with van der Waals surface area (Å²) in [4.78, 5) is 20.9. The number of carbonyl (C=O) groups is 1. The van der Waals surface area contributed by atoms with E-state index in [-0.39, 0.29) is 11.6 Å². The Bertz CT molecular complexity index is 913. The molecule has 7 heteroatoms. The molecule has 1 heterocycles. The van der Waals surface area contributed by atoms with E-state index in [0.29, 0.717) is 23.9 Å². The summed E-state index contributed by atoms with van der Waals surface area (Å²) in [6.45, 7) is 0.533. The molecule has 0 saturated carbocycles. The highest BCUT2D eigenvalue weighted by Gasteiger charge is 2.10. The molecule has 0 spiro atoms. The number of benzene rings is 2. The molecule has 2 N–H and O–H groups in total. The third-order valence-electron chi connectivity index (χ3n) is 3.83. The van der Waals surface area contributed by atoms with Gasteiger partial charge in [-0.1, -0.05) is 18.2 Å². The van der Waals surface area contributed by atoms with Crippen molar-refractivity contribution in [2.24, 2.45) is 0 Å². The Kier molecular flexibility index (Phi) is 5.84. The normalized spacial score (nSPS) is 10.1. The maximum atomic E-state index is 12.4. The van der Waals surface area contributed by atoms with Crippen molar-refractivity contribution in [1.29, 1.82) is 0 Å². The second-order valence-corrected chi connectivity index (χ2v) is 5.65. The zero-order chi connectivity index (χ0) is 19.1. The highest BCUT2D eigenvalue weighted by atomic mass is 16.5. The van der Waals surface area contributed by atoms with Crippen LogP contribution in [-0.4, -0.2) is 30.1 Å². The molecule has 0 bridgehead atoms. The number of nitrogens with zero attached hydrogens (tertiary/aromatic N) is 2. The number of hydrogen-bond donors (Lipinski definition) is 2. The lowest BCUT2D eigenvalue weighted by atomic mass is 10.2. The van der Waals surface area contributed by atoms with Gasteiger partial charge in [0.05, 0.1) is 14.2 Å². The van der Waals surface area contributed by atoms with Crippen LogP contribution in [0.25, 0.3) is 0 Å². The first-order chi connectivity index (χ1) is 13.2. The van der Waals surface area contributed by atoms with E-state index in [4.69, 9.17) is 9.47 Å². The SMILES string of the molecule is COc1ccc(CNc2nccc(C(=O)Nc3cccc(OC)c3)n2)cc1. The number of ether oxygens (including phenoxy) is 2. The Balaban J connectivity index is 1.64. The van der Waals surface area contributed by atoms with Crippen molar-refractivity contribution in [2.75, 3.05) is 24.9 Å². The van der Waals surface area contributed by atoms with Gasteiger partial charge in [-0.25, -0.2) is 9.97 Å². The van der Waals surface area contributed by atoms with Crippen molar-refractivity contribution in [1.82, 2.24) is 9.97 Å². The molecule has 1 aromatic heterocycles. The van der Waals surface area contributed by atoms with Crippen molar-refractivity contribution in [3.63, 3.8) is 0 Å². The summed E-state index contributed by atoms with van der Waals surface area (Å²) in [6, 6.07) is 16.4. The van der Waals surface area contributed by atoms with Gasteiger partial charge < -0.3 is 20.1 Å². The minimum absolute atomic E-state index is 0.269. The summed E-state index contributed by atoms with van der Waals surface area (Å²) in [5.41, 5.74) is 1.95. The van der Waals surface area contributed by atoms with Crippen LogP contribution < -0.4 is 20.1 Å². The van der Waals surface area contributed by atoms with Crippen LogP contribution >= 0.6 is 0 Å². The van der Waals surface area contributed by atoms with Crippen LogP contribution in [0.3, 0.4) is 0 Å². The second-order valence-electron chi connectivity index (χ2n) is 5.65. The summed E-state index contributed by atoms with van der Waals surface area (Å²) >= 11 is 0. The Morgan fingerprint density at radius 3 is 2.52 bits per heavy atom. The third kappa shape index (κ3) is 4.94. The van der Waals surface area contributed by atoms with Crippen molar-refractivity contribution in [3.05, 3.63) is 72.1 Å². The average Bonchev–Trinajstić information content (AvgIpc) is 2.73. The molecule has 0 aliphatic heterocycles. The van der Waals surface area contributed by atoms with E-state index in [2.05, 4.69) is 20.6 Å². The first-order valence-corrected chi connectivity index (χ1v) is 8.33. The third-order valence-corrected chi connectivity index (χ3v) is 3.83. The number of carbonyl (C=O) groups excluding carboxylic acids is 1. The molecule has 2 aromatic carbocycles. The summed E-state index contributed by atoms with van der Waals surface area (Å²) < 4.78 is 10.3. The second kappa shape index (κ2) is 8.66. The zero-order valence-corrected chi connectivity index (χ0v) is 15.1. The Labute approximate surface area is 157 Å². The lowest BCUT2D eigenvalue weighted by molar-refractivity contribution is 0.102. The van der Waals surface area contributed by atoms with Gasteiger partial charge >= 0.3 is 0 Å². The fourth-order valence-corrected chi connectivity index (χ4v) is 2.39. The maximum Gasteiger partial charge on any atom is 0.274 e. The Morgan fingerprint density at radius 2 is 1.78 bits per heavy atom. The molecular formula is C20H20N4O3. The molecule has 0 saturated heterocycles. The van der Waals surface area contributed by atoms with E-state index < -0.39 is 0 Å². The molecule has 3 rings (SSSR count). The number of nitrogens with one attached hydrogen (secondary N) is 2. The summed E-state index contributed by atoms with van der Waals surface area (Å²) in [6.07, 6.45) is 1.55. The first kappa shape index (κ1) is 18.2. The van der Waals surface area contributed by atoms with Gasteiger partial charge in [-0.05, 0) is 35.9 Å². The Morgan fingerprint density at radius 1 is 1.00 bits per heavy atom. The minimum Gasteiger partial charge on any atom is -0.497 e. The number of rotatable bonds is 7. The zero-order valence-electron chi connectivity index (χ0n) is 15.1. The van der Waals surface area contributed by atoms with Gasteiger partial charge in [-0.2, -0.15) is 0 Å². The fraction of sp³-hybridized carbons (Fsp3) is 0.150. The van der Waals surface area contributed by atoms with E-state index >= 15 is 0 Å². The maximum absolute atomic E-state index is 12.4. The predicted molar refractivity (Wildman–Crippen MR) is 103 cm³/mol. The van der Waals surface area contributed by atoms with E-state index in [9.17, 15) is 4.79 Å². The first-order valence-electron chi connectivity index (χ1n) is 8.33. The lowest BCUT2D eigenvalue weighted by Crippen LogP contribution is -2.15. The predicted octanol–water partition coefficient (Wildman–Crippen LogP) is 3.36. The monoisotopic (exact) mass is 364 g/mol. The molecule has 0 aliphatic carbocycles. The molecule has 0 unspecified atom stereocenters. The van der Waals surface area contributed by atoms with Crippen LogP contribution in [0.15, 0.2) is 60.8 Å². The van der Waals surface area contributed by atoms with Gasteiger partial charge in [0.2, 0.25) is 5.95 Å². The van der Waals surface area contributed by atoms with Crippen LogP contribution in [0, 0.1) is 0 Å². The largest absolute Gasteiger partial charge is 0.497 e. The van der Waals surface area contributed by atoms with E-state index in [0.717, 1.165) is 11.3 Å². The summed E-state index contributed by atoms with van der Waals surface area (Å²) in [7, 11) is 3.20. The van der Waals surface area contributed by atoms with Crippen LogP contribution in [-0.2, 0) is 6.54 Å². The molecule has 1 amide bonds. The topological polar surface area (TPSA) is 85.4 Å². The van der Waals surface area contributed by atoms with Gasteiger partial charge in [0.15, 0.2) is 0 Å². The molecule has 0 fully saturated rings. The molecule has 0 radical (unpaired) electrons. The molecule has 3 aromatic rings. The molecule has 0 aliphatic rings. The number of hydrogen-bond acceptors (Lipinski definition) is 6. The highest BCUT2D eigenvalue weighted by molar-refractivity contribution is 6.03. The van der Waals surface area contributed by atoms with Gasteiger partial charge in [-0.3, -0.25) is 4.79 Å². The van der Waals surface area contributed by atoms with Crippen molar-refractivity contribution < 1.29 is 14.3 Å². The average molecular weight is 364 g/mol. The van der Waals surface area contributed by atoms with Crippen molar-refractivity contribution >= 4 is 17.5 Å². The summed E-state index contributed by atoms with van der Waals surface area (Å²) in [5, 5.41) is 5.91. The quantitative estimate of drug-likeness (QED) is 0.669. The highest BCUT2D eigenvalue weighted by Crippen LogP contribution is 2.17. The van der Waals surface area contributed by atoms with Gasteiger partial charge in [0.25, 0.3) is 5.91 Å². The molecule has 7 nitrogen and oxygen atoms in total. The number of amides is 1. The number of methoxy groups -OCH3 is 2. The standard InChI is InChI=1S/C20H20N4O3/c1-26-16-8-6-14(7-9-16)13-22-20-21-11-10-18(24-20)19(25)23-15-4-3-5-17(12-15)27-2/h3-12H,13H2,1-2H3,(H,23,25)(H,21,22,24). The van der Waals surface area contributed by atoms with Gasteiger partial charge in [0, 0.05) is 24.5 Å². The smallest absolute Gasteiger partial charge is 0.274 e. The van der Waals surface area contributed by atoms with Crippen LogP contribution in [0.4, 0.5) is 11.6 Å². The van der Waals surface area contributed by atoms with E-state index in [1.54, 1.807) is 44.7 Å². The van der Waals surface area contributed by atoms with Crippen LogP contribution in [0.2, 0.25) is 0 Å². The van der Waals surface area contributed by atoms with Crippen LogP contribution in [0.1, 0.15) is 16.1 Å². The fourth-order valence-electron chi connectivity index (χ4n) is 2.39. The molecular weight excluding hydrogens is 344 g/mol. The van der Waals surface area contributed by atoms with Gasteiger partial charge in [-0.15, -0.1) is 0 Å². The molecule has 27 heavy (non-hydrogen) atoms. The minimum atomic E-state index is -0.321. The van der Waals surface area contributed by atoms with E-state index in [1.807, 2.05) is 30.3 Å². The number of aromatic nitrogens is 2. The number of anilines is 2. The van der Waals surface area contributed by atoms with Crippen molar-refractivity contribution in [2.45, 2.75) is 6.54 Å². The van der Waals surface area contributed by atoms with Crippen LogP contribution in [0.5, 0.6) is 11.5 Å². The molecule has 138 valence electrons.